The highest BCUT2D eigenvalue weighted by molar-refractivity contribution is 7.99. The number of carbonyl (C=O) groups is 2. The molecule has 2 amide bonds. The van der Waals surface area contributed by atoms with Crippen LogP contribution in [0, 0.1) is 11.6 Å². The third-order valence-corrected chi connectivity index (χ3v) is 5.33. The van der Waals surface area contributed by atoms with Crippen LogP contribution in [0.15, 0.2) is 64.6 Å². The van der Waals surface area contributed by atoms with Crippen molar-refractivity contribution < 1.29 is 18.4 Å². The smallest absolute Gasteiger partial charge is 0.260 e. The molecule has 0 aliphatic carbocycles. The quantitative estimate of drug-likeness (QED) is 0.698. The number of halogens is 2. The Bertz CT molecular complexity index is 1120. The van der Waals surface area contributed by atoms with Crippen LogP contribution in [0.1, 0.15) is 20.7 Å². The van der Waals surface area contributed by atoms with Crippen LogP contribution in [-0.4, -0.2) is 23.8 Å². The molecule has 1 N–H and O–H groups in total. The minimum absolute atomic E-state index is 0.181. The van der Waals surface area contributed by atoms with E-state index in [1.807, 2.05) is 0 Å². The van der Waals surface area contributed by atoms with Crippen LogP contribution in [-0.2, 0) is 0 Å². The molecule has 2 aromatic carbocycles. The second kappa shape index (κ2) is 7.05. The van der Waals surface area contributed by atoms with Crippen LogP contribution in [0.2, 0.25) is 0 Å². The van der Waals surface area contributed by atoms with Crippen LogP contribution in [0.4, 0.5) is 20.2 Å². The number of anilines is 2. The van der Waals surface area contributed by atoms with Gasteiger partial charge in [0, 0.05) is 29.9 Å². The fourth-order valence-corrected chi connectivity index (χ4v) is 3.93. The molecular weight excluding hydrogens is 384 g/mol. The van der Waals surface area contributed by atoms with Gasteiger partial charge in [-0.15, -0.1) is 0 Å². The number of rotatable bonds is 2. The summed E-state index contributed by atoms with van der Waals surface area (Å²) in [5.74, 6) is -2.57. The van der Waals surface area contributed by atoms with E-state index >= 15 is 0 Å². The second-order valence-corrected chi connectivity index (χ2v) is 7.11. The molecule has 8 heteroatoms. The summed E-state index contributed by atoms with van der Waals surface area (Å²) in [7, 11) is 1.66. The molecule has 140 valence electrons. The number of hydrogen-bond acceptors (Lipinski definition) is 4. The molecule has 1 aliphatic rings. The van der Waals surface area contributed by atoms with Crippen molar-refractivity contribution in [3.63, 3.8) is 0 Å². The lowest BCUT2D eigenvalue weighted by Crippen LogP contribution is -2.26. The molecule has 3 aromatic rings. The number of aromatic nitrogens is 1. The summed E-state index contributed by atoms with van der Waals surface area (Å²) in [6, 6.07) is 11.2. The minimum Gasteiger partial charge on any atom is -0.322 e. The summed E-state index contributed by atoms with van der Waals surface area (Å²) < 4.78 is 26.9. The molecule has 0 saturated carbocycles. The highest BCUT2D eigenvalue weighted by Gasteiger charge is 2.26. The van der Waals surface area contributed by atoms with Gasteiger partial charge in [0.05, 0.1) is 16.8 Å². The number of benzene rings is 2. The fourth-order valence-electron chi connectivity index (χ4n) is 2.85. The van der Waals surface area contributed by atoms with Gasteiger partial charge in [0.25, 0.3) is 11.8 Å². The van der Waals surface area contributed by atoms with Gasteiger partial charge in [-0.25, -0.2) is 13.8 Å². The number of nitrogens with one attached hydrogen (secondary N) is 1. The standard InChI is InChI=1S/C20H13F2N3O2S/c1-25-16-7-5-12(24-18(26)13-6-4-11(21)9-15(13)22)10-17(16)28-19-14(20(25)27)3-2-8-23-19/h2-10H,1H3,(H,24,26). The van der Waals surface area contributed by atoms with Crippen LogP contribution in [0.5, 0.6) is 0 Å². The SMILES string of the molecule is CN1C(=O)c2cccnc2Sc2cc(NC(=O)c3ccc(F)cc3F)ccc21. The third-order valence-electron chi connectivity index (χ3n) is 4.27. The highest BCUT2D eigenvalue weighted by Crippen LogP contribution is 2.41. The van der Waals surface area contributed by atoms with E-state index in [-0.39, 0.29) is 11.5 Å². The zero-order valence-corrected chi connectivity index (χ0v) is 15.4. The van der Waals surface area contributed by atoms with Crippen LogP contribution >= 0.6 is 11.8 Å². The van der Waals surface area contributed by atoms with Gasteiger partial charge >= 0.3 is 0 Å². The van der Waals surface area contributed by atoms with Crippen molar-refractivity contribution in [1.82, 2.24) is 4.98 Å². The molecule has 0 bridgehead atoms. The Morgan fingerprint density at radius 3 is 2.75 bits per heavy atom. The monoisotopic (exact) mass is 397 g/mol. The van der Waals surface area contributed by atoms with Crippen molar-refractivity contribution in [2.24, 2.45) is 0 Å². The lowest BCUT2D eigenvalue weighted by atomic mass is 10.2. The topological polar surface area (TPSA) is 62.3 Å². The van der Waals surface area contributed by atoms with Gasteiger partial charge in [-0.3, -0.25) is 9.59 Å². The molecule has 1 aromatic heterocycles. The van der Waals surface area contributed by atoms with E-state index in [1.54, 1.807) is 43.6 Å². The molecule has 0 radical (unpaired) electrons. The van der Waals surface area contributed by atoms with Crippen molar-refractivity contribution >= 4 is 35.0 Å². The van der Waals surface area contributed by atoms with Crippen molar-refractivity contribution in [3.05, 3.63) is 77.5 Å². The Balaban J connectivity index is 1.67. The van der Waals surface area contributed by atoms with Crippen LogP contribution in [0.3, 0.4) is 0 Å². The zero-order chi connectivity index (χ0) is 19.8. The summed E-state index contributed by atoms with van der Waals surface area (Å²) in [5.41, 5.74) is 1.31. The second-order valence-electron chi connectivity index (χ2n) is 6.08. The molecule has 0 fully saturated rings. The van der Waals surface area contributed by atoms with Crippen LogP contribution in [0.25, 0.3) is 0 Å². The van der Waals surface area contributed by atoms with E-state index in [9.17, 15) is 18.4 Å². The van der Waals surface area contributed by atoms with Gasteiger partial charge in [0.1, 0.15) is 16.7 Å². The van der Waals surface area contributed by atoms with Gasteiger partial charge in [-0.1, -0.05) is 11.8 Å². The molecule has 2 heterocycles. The molecule has 0 unspecified atom stereocenters. The average molecular weight is 397 g/mol. The molecule has 28 heavy (non-hydrogen) atoms. The van der Waals surface area contributed by atoms with Crippen molar-refractivity contribution in [2.45, 2.75) is 9.92 Å². The number of amides is 2. The maximum absolute atomic E-state index is 13.8. The first-order valence-corrected chi connectivity index (χ1v) is 9.07. The lowest BCUT2D eigenvalue weighted by Gasteiger charge is -2.18. The Hall–Kier alpha value is -3.26. The van der Waals surface area contributed by atoms with Gasteiger partial charge in [-0.05, 0) is 42.5 Å². The molecule has 1 aliphatic heterocycles. The Morgan fingerprint density at radius 2 is 1.96 bits per heavy atom. The number of fused-ring (bicyclic) bond motifs is 2. The number of pyridine rings is 1. The Kier molecular flexibility index (Phi) is 4.56. The van der Waals surface area contributed by atoms with Gasteiger partial charge < -0.3 is 10.2 Å². The molecule has 0 atom stereocenters. The van der Waals surface area contributed by atoms with E-state index < -0.39 is 17.5 Å². The fraction of sp³-hybridized carbons (Fsp3) is 0.0500. The first-order valence-electron chi connectivity index (χ1n) is 8.25. The van der Waals surface area contributed by atoms with Gasteiger partial charge in [0.2, 0.25) is 0 Å². The first-order chi connectivity index (χ1) is 13.4. The molecular formula is C20H13F2N3O2S. The first kappa shape index (κ1) is 18.1. The zero-order valence-electron chi connectivity index (χ0n) is 14.6. The molecule has 0 spiro atoms. The predicted octanol–water partition coefficient (Wildman–Crippen LogP) is 4.35. The largest absolute Gasteiger partial charge is 0.322 e. The van der Waals surface area contributed by atoms with Crippen molar-refractivity contribution in [2.75, 3.05) is 17.3 Å². The van der Waals surface area contributed by atoms with E-state index in [2.05, 4.69) is 10.3 Å². The number of hydrogen-bond donors (Lipinski definition) is 1. The molecule has 4 rings (SSSR count). The lowest BCUT2D eigenvalue weighted by molar-refractivity contribution is 0.0987. The number of carbonyl (C=O) groups excluding carboxylic acids is 2. The summed E-state index contributed by atoms with van der Waals surface area (Å²) in [5, 5.41) is 3.16. The van der Waals surface area contributed by atoms with E-state index in [1.165, 1.54) is 16.7 Å². The summed E-state index contributed by atoms with van der Waals surface area (Å²) >= 11 is 1.30. The van der Waals surface area contributed by atoms with Gasteiger partial charge in [-0.2, -0.15) is 0 Å². The van der Waals surface area contributed by atoms with Crippen molar-refractivity contribution in [1.29, 1.82) is 0 Å². The van der Waals surface area contributed by atoms with E-state index in [0.717, 1.165) is 12.1 Å². The Labute approximate surface area is 163 Å². The van der Waals surface area contributed by atoms with Crippen LogP contribution < -0.4 is 10.2 Å². The number of nitrogens with zero attached hydrogens (tertiary/aromatic N) is 2. The normalized spacial score (nSPS) is 12.8. The average Bonchev–Trinajstić information content (AvgIpc) is 2.77. The maximum Gasteiger partial charge on any atom is 0.260 e. The maximum atomic E-state index is 13.8. The van der Waals surface area contributed by atoms with E-state index in [4.69, 9.17) is 0 Å². The Morgan fingerprint density at radius 1 is 1.14 bits per heavy atom. The van der Waals surface area contributed by atoms with Crippen molar-refractivity contribution in [3.8, 4) is 0 Å². The molecule has 5 nitrogen and oxygen atoms in total. The highest BCUT2D eigenvalue weighted by atomic mass is 32.2. The summed E-state index contributed by atoms with van der Waals surface area (Å²) in [4.78, 5) is 31.5. The minimum atomic E-state index is -0.940. The predicted molar refractivity (Wildman–Crippen MR) is 102 cm³/mol. The third kappa shape index (κ3) is 3.22. The summed E-state index contributed by atoms with van der Waals surface area (Å²) in [6.45, 7) is 0. The van der Waals surface area contributed by atoms with E-state index in [0.29, 0.717) is 32.9 Å². The summed E-state index contributed by atoms with van der Waals surface area (Å²) in [6.07, 6.45) is 1.60. The van der Waals surface area contributed by atoms with Gasteiger partial charge in [0.15, 0.2) is 0 Å². The molecule has 0 saturated heterocycles.